The molecule has 1 heterocycles. The molecule has 0 aliphatic heterocycles. The maximum absolute atomic E-state index is 5.59. The minimum Gasteiger partial charge on any atom is -0.379 e. The van der Waals surface area contributed by atoms with Crippen LogP contribution in [0.1, 0.15) is 32.6 Å². The number of guanidine groups is 1. The van der Waals surface area contributed by atoms with Gasteiger partial charge in [-0.2, -0.15) is 0 Å². The van der Waals surface area contributed by atoms with Gasteiger partial charge in [0.15, 0.2) is 5.96 Å². The zero-order chi connectivity index (χ0) is 16.6. The predicted molar refractivity (Wildman–Crippen MR) is 112 cm³/mol. The molecule has 0 spiro atoms. The summed E-state index contributed by atoms with van der Waals surface area (Å²) in [4.78, 5) is 8.36. The van der Waals surface area contributed by atoms with Gasteiger partial charge in [-0.3, -0.25) is 4.99 Å². The highest BCUT2D eigenvalue weighted by molar-refractivity contribution is 14.0. The van der Waals surface area contributed by atoms with Crippen LogP contribution in [0, 0.1) is 5.41 Å². The Kier molecular flexibility index (Phi) is 11.1. The number of methoxy groups -OCH3 is 1. The molecule has 134 valence electrons. The summed E-state index contributed by atoms with van der Waals surface area (Å²) in [5, 5.41) is 5.49. The molecule has 0 bridgehead atoms. The van der Waals surface area contributed by atoms with Crippen molar-refractivity contribution in [3.05, 3.63) is 22.4 Å². The first kappa shape index (κ1) is 22.7. The van der Waals surface area contributed by atoms with E-state index in [0.29, 0.717) is 6.54 Å². The zero-order valence-corrected chi connectivity index (χ0v) is 18.4. The Morgan fingerprint density at radius 2 is 2.13 bits per heavy atom. The fourth-order valence-corrected chi connectivity index (χ4v) is 2.88. The van der Waals surface area contributed by atoms with E-state index in [9.17, 15) is 0 Å². The predicted octanol–water partition coefficient (Wildman–Crippen LogP) is 3.87. The largest absolute Gasteiger partial charge is 0.379 e. The van der Waals surface area contributed by atoms with E-state index in [2.05, 4.69) is 62.5 Å². The minimum atomic E-state index is 0. The van der Waals surface area contributed by atoms with Crippen LogP contribution in [0.4, 0.5) is 0 Å². The van der Waals surface area contributed by atoms with Crippen molar-refractivity contribution in [2.24, 2.45) is 10.4 Å². The maximum atomic E-state index is 5.59. The van der Waals surface area contributed by atoms with Gasteiger partial charge < -0.3 is 15.0 Å². The van der Waals surface area contributed by atoms with Crippen LogP contribution >= 0.6 is 35.3 Å². The first-order valence-electron chi connectivity index (χ1n) is 7.93. The van der Waals surface area contributed by atoms with Crippen LogP contribution in [0.5, 0.6) is 0 Å². The topological polar surface area (TPSA) is 36.9 Å². The summed E-state index contributed by atoms with van der Waals surface area (Å²) in [6.07, 6.45) is 1.16. The molecule has 0 saturated heterocycles. The third-order valence-electron chi connectivity index (χ3n) is 3.63. The Morgan fingerprint density at radius 1 is 1.43 bits per heavy atom. The van der Waals surface area contributed by atoms with Gasteiger partial charge in [-0.15, -0.1) is 35.3 Å². The third-order valence-corrected chi connectivity index (χ3v) is 4.56. The summed E-state index contributed by atoms with van der Waals surface area (Å²) < 4.78 is 5.59. The number of rotatable bonds is 7. The minimum absolute atomic E-state index is 0. The van der Waals surface area contributed by atoms with Gasteiger partial charge in [0.1, 0.15) is 0 Å². The van der Waals surface area contributed by atoms with Crippen LogP contribution in [-0.4, -0.2) is 50.8 Å². The fraction of sp³-hybridized carbons (Fsp3) is 0.706. The number of nitrogens with one attached hydrogen (secondary N) is 1. The molecule has 1 unspecified atom stereocenters. The van der Waals surface area contributed by atoms with Gasteiger partial charge in [0.05, 0.1) is 12.6 Å². The molecule has 1 aromatic heterocycles. The smallest absolute Gasteiger partial charge is 0.193 e. The summed E-state index contributed by atoms with van der Waals surface area (Å²) in [7, 11) is 3.85. The molecule has 4 nitrogen and oxygen atoms in total. The monoisotopic (exact) mass is 453 g/mol. The Labute approximate surface area is 162 Å². The van der Waals surface area contributed by atoms with Crippen LogP contribution in [0.25, 0.3) is 0 Å². The lowest BCUT2D eigenvalue weighted by Gasteiger charge is -2.29. The lowest BCUT2D eigenvalue weighted by atomic mass is 9.89. The molecule has 0 saturated carbocycles. The second-order valence-corrected chi connectivity index (χ2v) is 7.57. The summed E-state index contributed by atoms with van der Waals surface area (Å²) in [6.45, 7) is 11.2. The molecule has 1 rings (SSSR count). The number of aliphatic imine (C=N–C) groups is 1. The number of nitrogens with zero attached hydrogens (tertiary/aromatic N) is 2. The number of thiophene rings is 1. The summed E-state index contributed by atoms with van der Waals surface area (Å²) in [5.41, 5.74) is 0.0884. The normalized spacial score (nSPS) is 13.4. The van der Waals surface area contributed by atoms with E-state index < -0.39 is 0 Å². The Balaban J connectivity index is 0.00000484. The zero-order valence-electron chi connectivity index (χ0n) is 15.3. The highest BCUT2D eigenvalue weighted by atomic mass is 127. The number of halogens is 1. The van der Waals surface area contributed by atoms with Crippen LogP contribution in [0.15, 0.2) is 22.5 Å². The van der Waals surface area contributed by atoms with Gasteiger partial charge in [0, 0.05) is 32.1 Å². The van der Waals surface area contributed by atoms with E-state index in [0.717, 1.165) is 25.5 Å². The average molecular weight is 453 g/mol. The number of hydrogen-bond acceptors (Lipinski definition) is 3. The Morgan fingerprint density at radius 3 is 2.61 bits per heavy atom. The van der Waals surface area contributed by atoms with Gasteiger partial charge in [-0.1, -0.05) is 26.8 Å². The van der Waals surface area contributed by atoms with Crippen molar-refractivity contribution in [1.82, 2.24) is 10.2 Å². The van der Waals surface area contributed by atoms with Gasteiger partial charge in [-0.05, 0) is 30.2 Å². The molecule has 23 heavy (non-hydrogen) atoms. The first-order chi connectivity index (χ1) is 10.4. The van der Waals surface area contributed by atoms with E-state index >= 15 is 0 Å². The second-order valence-electron chi connectivity index (χ2n) is 6.54. The van der Waals surface area contributed by atoms with E-state index in [4.69, 9.17) is 9.73 Å². The number of likely N-dealkylation sites (N-methyl/N-ethyl adjacent to an activating group) is 1. The lowest BCUT2D eigenvalue weighted by molar-refractivity contribution is 0.0240. The van der Waals surface area contributed by atoms with Crippen molar-refractivity contribution < 1.29 is 4.74 Å². The first-order valence-corrected chi connectivity index (χ1v) is 8.81. The molecule has 1 N–H and O–H groups in total. The average Bonchev–Trinajstić information content (AvgIpc) is 2.96. The van der Waals surface area contributed by atoms with Crippen molar-refractivity contribution in [2.75, 3.05) is 33.8 Å². The lowest BCUT2D eigenvalue weighted by Crippen LogP contribution is -2.41. The van der Waals surface area contributed by atoms with E-state index in [1.165, 1.54) is 4.88 Å². The molecular weight excluding hydrogens is 421 g/mol. The van der Waals surface area contributed by atoms with Crippen LogP contribution in [0.2, 0.25) is 0 Å². The fourth-order valence-electron chi connectivity index (χ4n) is 2.18. The third kappa shape index (κ3) is 8.35. The van der Waals surface area contributed by atoms with Gasteiger partial charge in [-0.25, -0.2) is 0 Å². The van der Waals surface area contributed by atoms with E-state index in [1.807, 2.05) is 11.3 Å². The van der Waals surface area contributed by atoms with E-state index in [-0.39, 0.29) is 35.5 Å². The molecule has 0 aliphatic carbocycles. The molecule has 0 radical (unpaired) electrons. The molecule has 1 atom stereocenters. The van der Waals surface area contributed by atoms with Gasteiger partial charge in [0.25, 0.3) is 0 Å². The molecule has 0 aromatic carbocycles. The molecule has 1 aromatic rings. The maximum Gasteiger partial charge on any atom is 0.193 e. The van der Waals surface area contributed by atoms with Crippen molar-refractivity contribution in [3.63, 3.8) is 0 Å². The molecule has 0 amide bonds. The molecule has 0 aliphatic rings. The van der Waals surface area contributed by atoms with Crippen LogP contribution in [-0.2, 0) is 11.2 Å². The second kappa shape index (κ2) is 11.3. The van der Waals surface area contributed by atoms with Crippen molar-refractivity contribution in [1.29, 1.82) is 0 Å². The number of ether oxygens (including phenoxy) is 1. The van der Waals surface area contributed by atoms with Crippen molar-refractivity contribution in [2.45, 2.75) is 40.2 Å². The quantitative estimate of drug-likeness (QED) is 0.387. The Bertz CT molecular complexity index is 443. The van der Waals surface area contributed by atoms with Crippen molar-refractivity contribution in [3.8, 4) is 0 Å². The number of hydrogen-bond donors (Lipinski definition) is 1. The highest BCUT2D eigenvalue weighted by Gasteiger charge is 2.24. The SMILES string of the molecule is CCNC(=NCC(OC)C(C)(C)C)N(C)CCc1cccs1.I. The van der Waals surface area contributed by atoms with Crippen LogP contribution in [0.3, 0.4) is 0 Å². The molecular formula is C17H32IN3OS. The van der Waals surface area contributed by atoms with Gasteiger partial charge in [0.2, 0.25) is 0 Å². The van der Waals surface area contributed by atoms with Crippen molar-refractivity contribution >= 4 is 41.3 Å². The van der Waals surface area contributed by atoms with Gasteiger partial charge >= 0.3 is 0 Å². The Hall–Kier alpha value is -0.340. The summed E-state index contributed by atoms with van der Waals surface area (Å²) in [6, 6.07) is 4.29. The standard InChI is InChI=1S/C17H31N3OS.HI/c1-7-18-16(19-13-15(21-6)17(2,3)4)20(5)11-10-14-9-8-12-22-14;/h8-9,12,15H,7,10-11,13H2,1-6H3,(H,18,19);1H. The summed E-state index contributed by atoms with van der Waals surface area (Å²) in [5.74, 6) is 0.949. The molecule has 0 fully saturated rings. The summed E-state index contributed by atoms with van der Waals surface area (Å²) >= 11 is 1.81. The van der Waals surface area contributed by atoms with Crippen LogP contribution < -0.4 is 5.32 Å². The highest BCUT2D eigenvalue weighted by Crippen LogP contribution is 2.21. The van der Waals surface area contributed by atoms with E-state index in [1.54, 1.807) is 7.11 Å². The molecule has 6 heteroatoms.